The molecule has 0 saturated heterocycles. The molecule has 1 amide bonds. The molecular formula is C16H17BrN2O2. The Bertz CT molecular complexity index is 699. The second kappa shape index (κ2) is 6.18. The van der Waals surface area contributed by atoms with Crippen molar-refractivity contribution in [3.8, 4) is 5.75 Å². The van der Waals surface area contributed by atoms with Crippen LogP contribution < -0.4 is 15.8 Å². The van der Waals surface area contributed by atoms with Gasteiger partial charge in [0.15, 0.2) is 0 Å². The first kappa shape index (κ1) is 15.4. The largest absolute Gasteiger partial charge is 0.496 e. The van der Waals surface area contributed by atoms with Gasteiger partial charge in [-0.25, -0.2) is 0 Å². The van der Waals surface area contributed by atoms with E-state index in [0.29, 0.717) is 11.3 Å². The van der Waals surface area contributed by atoms with Gasteiger partial charge in [-0.15, -0.1) is 0 Å². The molecule has 0 aromatic heterocycles. The standard InChI is InChI=1S/C16H17BrN2O2/c1-9-7-14(10(2)6-13(9)18)19-16(20)11-4-5-15(21-3)12(17)8-11/h4-8H,18H2,1-3H3,(H,19,20). The average molecular weight is 349 g/mol. The topological polar surface area (TPSA) is 64.3 Å². The summed E-state index contributed by atoms with van der Waals surface area (Å²) in [5, 5.41) is 2.90. The van der Waals surface area contributed by atoms with E-state index in [2.05, 4.69) is 21.2 Å². The number of rotatable bonds is 3. The molecule has 0 atom stereocenters. The lowest BCUT2D eigenvalue weighted by atomic mass is 10.1. The lowest BCUT2D eigenvalue weighted by molar-refractivity contribution is 0.102. The van der Waals surface area contributed by atoms with Crippen LogP contribution in [0.25, 0.3) is 0 Å². The van der Waals surface area contributed by atoms with Crippen molar-refractivity contribution in [2.45, 2.75) is 13.8 Å². The van der Waals surface area contributed by atoms with Crippen molar-refractivity contribution in [2.24, 2.45) is 0 Å². The zero-order valence-corrected chi connectivity index (χ0v) is 13.7. The molecule has 2 aromatic rings. The molecule has 0 radical (unpaired) electrons. The predicted octanol–water partition coefficient (Wildman–Crippen LogP) is 3.91. The van der Waals surface area contributed by atoms with Crippen molar-refractivity contribution in [3.05, 3.63) is 51.5 Å². The number of hydrogen-bond acceptors (Lipinski definition) is 3. The second-order valence-electron chi connectivity index (χ2n) is 4.83. The average Bonchev–Trinajstić information content (AvgIpc) is 2.44. The highest BCUT2D eigenvalue weighted by molar-refractivity contribution is 9.10. The van der Waals surface area contributed by atoms with E-state index in [0.717, 1.165) is 27.0 Å². The van der Waals surface area contributed by atoms with Gasteiger partial charge in [-0.3, -0.25) is 4.79 Å². The maximum atomic E-state index is 12.3. The van der Waals surface area contributed by atoms with Gasteiger partial charge in [0.2, 0.25) is 0 Å². The number of carbonyl (C=O) groups is 1. The Morgan fingerprint density at radius 1 is 1.19 bits per heavy atom. The Hall–Kier alpha value is -2.01. The maximum absolute atomic E-state index is 12.3. The summed E-state index contributed by atoms with van der Waals surface area (Å²) in [6, 6.07) is 8.93. The van der Waals surface area contributed by atoms with Crippen LogP contribution in [0.2, 0.25) is 0 Å². The Balaban J connectivity index is 2.26. The number of benzene rings is 2. The van der Waals surface area contributed by atoms with E-state index < -0.39 is 0 Å². The SMILES string of the molecule is COc1ccc(C(=O)Nc2cc(C)c(N)cc2C)cc1Br. The summed E-state index contributed by atoms with van der Waals surface area (Å²) in [6.45, 7) is 3.82. The Morgan fingerprint density at radius 3 is 2.52 bits per heavy atom. The van der Waals surface area contributed by atoms with E-state index in [-0.39, 0.29) is 5.91 Å². The van der Waals surface area contributed by atoms with Crippen LogP contribution in [0, 0.1) is 13.8 Å². The number of ether oxygens (including phenoxy) is 1. The minimum atomic E-state index is -0.175. The highest BCUT2D eigenvalue weighted by atomic mass is 79.9. The first-order valence-corrected chi connectivity index (χ1v) is 7.23. The molecule has 0 aliphatic carbocycles. The zero-order valence-electron chi connectivity index (χ0n) is 12.2. The molecule has 2 aromatic carbocycles. The normalized spacial score (nSPS) is 10.3. The number of aryl methyl sites for hydroxylation is 2. The summed E-state index contributed by atoms with van der Waals surface area (Å²) in [6.07, 6.45) is 0. The third kappa shape index (κ3) is 3.36. The summed E-state index contributed by atoms with van der Waals surface area (Å²) in [5.41, 5.74) is 9.75. The number of methoxy groups -OCH3 is 1. The quantitative estimate of drug-likeness (QED) is 0.826. The number of anilines is 2. The summed E-state index contributed by atoms with van der Waals surface area (Å²) in [4.78, 5) is 12.3. The molecule has 0 saturated carbocycles. The molecular weight excluding hydrogens is 332 g/mol. The van der Waals surface area contributed by atoms with Crippen molar-refractivity contribution in [1.82, 2.24) is 0 Å². The van der Waals surface area contributed by atoms with Gasteiger partial charge in [-0.1, -0.05) is 0 Å². The van der Waals surface area contributed by atoms with Gasteiger partial charge >= 0.3 is 0 Å². The minimum Gasteiger partial charge on any atom is -0.496 e. The van der Waals surface area contributed by atoms with Gasteiger partial charge < -0.3 is 15.8 Å². The molecule has 4 nitrogen and oxygen atoms in total. The summed E-state index contributed by atoms with van der Waals surface area (Å²) in [5.74, 6) is 0.511. The highest BCUT2D eigenvalue weighted by Gasteiger charge is 2.11. The number of nitrogens with two attached hydrogens (primary N) is 1. The number of hydrogen-bond donors (Lipinski definition) is 2. The zero-order chi connectivity index (χ0) is 15.6. The van der Waals surface area contributed by atoms with Gasteiger partial charge in [0, 0.05) is 16.9 Å². The fourth-order valence-electron chi connectivity index (χ4n) is 1.98. The van der Waals surface area contributed by atoms with E-state index in [9.17, 15) is 4.79 Å². The van der Waals surface area contributed by atoms with E-state index >= 15 is 0 Å². The second-order valence-corrected chi connectivity index (χ2v) is 5.68. The van der Waals surface area contributed by atoms with E-state index in [1.807, 2.05) is 26.0 Å². The van der Waals surface area contributed by atoms with E-state index in [1.165, 1.54) is 0 Å². The smallest absolute Gasteiger partial charge is 0.255 e. The molecule has 2 rings (SSSR count). The van der Waals surface area contributed by atoms with Crippen LogP contribution in [0.3, 0.4) is 0 Å². The van der Waals surface area contributed by atoms with Crippen LogP contribution in [0.15, 0.2) is 34.8 Å². The van der Waals surface area contributed by atoms with Gasteiger partial charge in [-0.05, 0) is 71.2 Å². The number of nitrogens with one attached hydrogen (secondary N) is 1. The van der Waals surface area contributed by atoms with E-state index in [4.69, 9.17) is 10.5 Å². The Morgan fingerprint density at radius 2 is 1.90 bits per heavy atom. The van der Waals surface area contributed by atoms with Crippen LogP contribution in [-0.2, 0) is 0 Å². The summed E-state index contributed by atoms with van der Waals surface area (Å²) >= 11 is 3.38. The molecule has 0 unspecified atom stereocenters. The van der Waals surface area contributed by atoms with Crippen LogP contribution in [0.4, 0.5) is 11.4 Å². The van der Waals surface area contributed by atoms with Crippen LogP contribution in [0.1, 0.15) is 21.5 Å². The first-order valence-electron chi connectivity index (χ1n) is 6.44. The lowest BCUT2D eigenvalue weighted by Crippen LogP contribution is -2.13. The van der Waals surface area contributed by atoms with Crippen molar-refractivity contribution in [1.29, 1.82) is 0 Å². The molecule has 3 N–H and O–H groups in total. The van der Waals surface area contributed by atoms with Gasteiger partial charge in [0.25, 0.3) is 5.91 Å². The summed E-state index contributed by atoms with van der Waals surface area (Å²) < 4.78 is 5.89. The molecule has 0 bridgehead atoms. The van der Waals surface area contributed by atoms with Gasteiger partial charge in [0.1, 0.15) is 5.75 Å². The van der Waals surface area contributed by atoms with E-state index in [1.54, 1.807) is 25.3 Å². The fraction of sp³-hybridized carbons (Fsp3) is 0.188. The first-order chi connectivity index (χ1) is 9.92. The molecule has 0 spiro atoms. The molecule has 5 heteroatoms. The predicted molar refractivity (Wildman–Crippen MR) is 89.0 cm³/mol. The van der Waals surface area contributed by atoms with Crippen molar-refractivity contribution in [3.63, 3.8) is 0 Å². The minimum absolute atomic E-state index is 0.175. The van der Waals surface area contributed by atoms with Crippen LogP contribution >= 0.6 is 15.9 Å². The Kier molecular flexibility index (Phi) is 4.53. The highest BCUT2D eigenvalue weighted by Crippen LogP contribution is 2.27. The monoisotopic (exact) mass is 348 g/mol. The molecule has 0 aliphatic rings. The Labute approximate surface area is 132 Å². The molecule has 0 fully saturated rings. The molecule has 21 heavy (non-hydrogen) atoms. The maximum Gasteiger partial charge on any atom is 0.255 e. The third-order valence-corrected chi connectivity index (χ3v) is 3.89. The third-order valence-electron chi connectivity index (χ3n) is 3.28. The van der Waals surface area contributed by atoms with Crippen molar-refractivity contribution < 1.29 is 9.53 Å². The van der Waals surface area contributed by atoms with Gasteiger partial charge in [-0.2, -0.15) is 0 Å². The fourth-order valence-corrected chi connectivity index (χ4v) is 2.52. The molecule has 110 valence electrons. The van der Waals surface area contributed by atoms with Crippen LogP contribution in [-0.4, -0.2) is 13.0 Å². The lowest BCUT2D eigenvalue weighted by Gasteiger charge is -2.12. The number of amides is 1. The number of nitrogen functional groups attached to an aromatic ring is 1. The summed E-state index contributed by atoms with van der Waals surface area (Å²) in [7, 11) is 1.58. The molecule has 0 aliphatic heterocycles. The van der Waals surface area contributed by atoms with Crippen molar-refractivity contribution >= 4 is 33.2 Å². The van der Waals surface area contributed by atoms with Gasteiger partial charge in [0.05, 0.1) is 11.6 Å². The van der Waals surface area contributed by atoms with Crippen molar-refractivity contribution in [2.75, 3.05) is 18.2 Å². The molecule has 0 heterocycles. The van der Waals surface area contributed by atoms with Crippen LogP contribution in [0.5, 0.6) is 5.75 Å². The number of halogens is 1. The number of carbonyl (C=O) groups excluding carboxylic acids is 1.